The van der Waals surface area contributed by atoms with Gasteiger partial charge in [0.25, 0.3) is 0 Å². The number of piperidine rings is 1. The van der Waals surface area contributed by atoms with E-state index >= 15 is 0 Å². The zero-order valence-electron chi connectivity index (χ0n) is 18.6. The molecule has 1 aliphatic heterocycles. The first-order valence-corrected chi connectivity index (χ1v) is 12.0. The third-order valence-electron chi connectivity index (χ3n) is 5.83. The summed E-state index contributed by atoms with van der Waals surface area (Å²) in [5, 5.41) is 6.59. The van der Waals surface area contributed by atoms with Crippen LogP contribution < -0.4 is 5.32 Å². The lowest BCUT2D eigenvalue weighted by Gasteiger charge is -2.30. The Morgan fingerprint density at radius 2 is 1.79 bits per heavy atom. The van der Waals surface area contributed by atoms with E-state index in [0.29, 0.717) is 35.6 Å². The zero-order chi connectivity index (χ0) is 23.8. The summed E-state index contributed by atoms with van der Waals surface area (Å²) < 4.78 is 33.9. The summed E-state index contributed by atoms with van der Waals surface area (Å²) in [6, 6.07) is 6.63. The van der Waals surface area contributed by atoms with Gasteiger partial charge in [-0.3, -0.25) is 9.59 Å². The Morgan fingerprint density at radius 1 is 1.12 bits per heavy atom. The van der Waals surface area contributed by atoms with Crippen LogP contribution in [0.3, 0.4) is 0 Å². The Balaban J connectivity index is 1.36. The fraction of sp³-hybridized carbons (Fsp3) is 0.364. The minimum absolute atomic E-state index is 0.102. The first kappa shape index (κ1) is 22.9. The number of aryl methyl sites for hydroxylation is 3. The van der Waals surface area contributed by atoms with E-state index in [0.717, 1.165) is 0 Å². The predicted octanol–water partition coefficient (Wildman–Crippen LogP) is 2.30. The maximum atomic E-state index is 12.9. The molecule has 1 fully saturated rings. The maximum absolute atomic E-state index is 12.9. The van der Waals surface area contributed by atoms with Gasteiger partial charge in [0.1, 0.15) is 10.6 Å². The van der Waals surface area contributed by atoms with Crippen molar-refractivity contribution >= 4 is 27.4 Å². The molecule has 3 heterocycles. The van der Waals surface area contributed by atoms with Gasteiger partial charge in [-0.1, -0.05) is 5.16 Å². The lowest BCUT2D eigenvalue weighted by molar-refractivity contribution is -0.120. The molecule has 10 nitrogen and oxygen atoms in total. The Hall–Kier alpha value is -3.31. The van der Waals surface area contributed by atoms with Crippen molar-refractivity contribution in [2.75, 3.05) is 18.4 Å². The number of benzene rings is 1. The Bertz CT molecular complexity index is 1270. The number of carbonyl (C=O) groups excluding carboxylic acids is 2. The number of nitrogens with one attached hydrogen (secondary N) is 1. The molecule has 0 spiro atoms. The van der Waals surface area contributed by atoms with Crippen LogP contribution in [-0.2, 0) is 21.9 Å². The van der Waals surface area contributed by atoms with Crippen molar-refractivity contribution in [3.05, 3.63) is 59.5 Å². The Labute approximate surface area is 191 Å². The van der Waals surface area contributed by atoms with Gasteiger partial charge in [-0.05, 0) is 51.0 Å². The first-order chi connectivity index (χ1) is 15.7. The van der Waals surface area contributed by atoms with Crippen LogP contribution in [0.5, 0.6) is 0 Å². The molecule has 1 aromatic carbocycles. The van der Waals surface area contributed by atoms with Crippen molar-refractivity contribution in [2.24, 2.45) is 13.0 Å². The molecule has 0 radical (unpaired) electrons. The van der Waals surface area contributed by atoms with E-state index in [1.165, 1.54) is 4.31 Å². The van der Waals surface area contributed by atoms with E-state index < -0.39 is 10.0 Å². The number of rotatable bonds is 6. The maximum Gasteiger partial charge on any atom is 0.248 e. The largest absolute Gasteiger partial charge is 0.360 e. The van der Waals surface area contributed by atoms with Crippen LogP contribution in [0, 0.1) is 19.8 Å². The van der Waals surface area contributed by atoms with Crippen LogP contribution >= 0.6 is 0 Å². The highest BCUT2D eigenvalue weighted by Crippen LogP contribution is 2.28. The van der Waals surface area contributed by atoms with E-state index in [9.17, 15) is 18.0 Å². The number of hydrogen-bond donors (Lipinski definition) is 1. The van der Waals surface area contributed by atoms with Crippen LogP contribution in [-0.4, -0.2) is 52.2 Å². The molecule has 0 atom stereocenters. The summed E-state index contributed by atoms with van der Waals surface area (Å²) in [6.07, 6.45) is 4.08. The molecule has 1 amide bonds. The number of anilines is 1. The van der Waals surface area contributed by atoms with Crippen LogP contribution in [0.25, 0.3) is 0 Å². The minimum atomic E-state index is -3.72. The highest BCUT2D eigenvalue weighted by atomic mass is 32.2. The quantitative estimate of drug-likeness (QED) is 0.546. The lowest BCUT2D eigenvalue weighted by Crippen LogP contribution is -2.41. The molecule has 1 saturated heterocycles. The van der Waals surface area contributed by atoms with Crippen LogP contribution in [0.15, 0.2) is 46.1 Å². The summed E-state index contributed by atoms with van der Waals surface area (Å²) in [4.78, 5) is 29.4. The van der Waals surface area contributed by atoms with E-state index in [4.69, 9.17) is 4.52 Å². The highest BCUT2D eigenvalue weighted by molar-refractivity contribution is 7.89. The minimum Gasteiger partial charge on any atom is -0.360 e. The molecule has 0 unspecified atom stereocenters. The molecule has 11 heteroatoms. The third kappa shape index (κ3) is 4.46. The van der Waals surface area contributed by atoms with Crippen molar-refractivity contribution in [3.63, 3.8) is 0 Å². The van der Waals surface area contributed by atoms with Gasteiger partial charge in [0.2, 0.25) is 21.7 Å². The molecule has 174 valence electrons. The lowest BCUT2D eigenvalue weighted by atomic mass is 9.97. The SMILES string of the molecule is Cc1noc(C)c1S(=O)(=O)N1CCC(C(=O)Nc2ccc(C(=O)c3nccn3C)cc2)CC1. The van der Waals surface area contributed by atoms with Gasteiger partial charge in [-0.15, -0.1) is 0 Å². The van der Waals surface area contributed by atoms with Gasteiger partial charge < -0.3 is 14.4 Å². The van der Waals surface area contributed by atoms with Crippen LogP contribution in [0.4, 0.5) is 5.69 Å². The third-order valence-corrected chi connectivity index (χ3v) is 7.97. The normalized spacial score (nSPS) is 15.5. The van der Waals surface area contributed by atoms with Gasteiger partial charge in [0.05, 0.1) is 0 Å². The molecular weight excluding hydrogens is 446 g/mol. The summed E-state index contributed by atoms with van der Waals surface area (Å²) in [7, 11) is -1.97. The summed E-state index contributed by atoms with van der Waals surface area (Å²) >= 11 is 0. The average Bonchev–Trinajstić information content (AvgIpc) is 3.38. The fourth-order valence-electron chi connectivity index (χ4n) is 3.99. The van der Waals surface area contributed by atoms with Crippen molar-refractivity contribution in [1.29, 1.82) is 0 Å². The highest BCUT2D eigenvalue weighted by Gasteiger charge is 2.35. The summed E-state index contributed by atoms with van der Waals surface area (Å²) in [5.74, 6) is -0.0860. The van der Waals surface area contributed by atoms with Gasteiger partial charge in [0.15, 0.2) is 11.6 Å². The first-order valence-electron chi connectivity index (χ1n) is 10.5. The number of amides is 1. The van der Waals surface area contributed by atoms with E-state index in [1.54, 1.807) is 62.1 Å². The molecule has 0 saturated carbocycles. The van der Waals surface area contributed by atoms with Crippen molar-refractivity contribution in [1.82, 2.24) is 19.0 Å². The van der Waals surface area contributed by atoms with E-state index in [-0.39, 0.29) is 41.4 Å². The monoisotopic (exact) mass is 471 g/mol. The number of ketones is 1. The number of carbonyl (C=O) groups is 2. The molecule has 1 N–H and O–H groups in total. The molecule has 2 aromatic heterocycles. The van der Waals surface area contributed by atoms with E-state index in [1.807, 2.05) is 0 Å². The van der Waals surface area contributed by atoms with Gasteiger partial charge in [-0.2, -0.15) is 4.31 Å². The summed E-state index contributed by atoms with van der Waals surface area (Å²) in [5.41, 5.74) is 1.37. The smallest absolute Gasteiger partial charge is 0.248 e. The summed E-state index contributed by atoms with van der Waals surface area (Å²) in [6.45, 7) is 3.64. The molecule has 0 aliphatic carbocycles. The van der Waals surface area contributed by atoms with Crippen LogP contribution in [0.2, 0.25) is 0 Å². The second-order valence-electron chi connectivity index (χ2n) is 8.09. The molecule has 3 aromatic rings. The van der Waals surface area contributed by atoms with Gasteiger partial charge >= 0.3 is 0 Å². The Morgan fingerprint density at radius 3 is 2.33 bits per heavy atom. The fourth-order valence-corrected chi connectivity index (χ4v) is 5.75. The van der Waals surface area contributed by atoms with E-state index in [2.05, 4.69) is 15.5 Å². The number of aromatic nitrogens is 3. The topological polar surface area (TPSA) is 127 Å². The van der Waals surface area contributed by atoms with Crippen molar-refractivity contribution in [2.45, 2.75) is 31.6 Å². The molecular formula is C22H25N5O5S. The Kier molecular flexibility index (Phi) is 6.17. The molecule has 1 aliphatic rings. The van der Waals surface area contributed by atoms with Gasteiger partial charge in [0, 0.05) is 49.7 Å². The van der Waals surface area contributed by atoms with Crippen LogP contribution in [0.1, 0.15) is 40.5 Å². The molecule has 0 bridgehead atoms. The average molecular weight is 472 g/mol. The standard InChI is InChI=1S/C22H25N5O5S/c1-14-20(15(2)32-25-14)33(30,31)27-11-8-17(9-12-27)22(29)24-18-6-4-16(5-7-18)19(28)21-23-10-13-26(21)3/h4-7,10,13,17H,8-9,11-12H2,1-3H3,(H,24,29). The molecule has 33 heavy (non-hydrogen) atoms. The second-order valence-corrected chi connectivity index (χ2v) is 9.96. The van der Waals surface area contributed by atoms with Crippen molar-refractivity contribution < 1.29 is 22.5 Å². The zero-order valence-corrected chi connectivity index (χ0v) is 19.4. The predicted molar refractivity (Wildman–Crippen MR) is 119 cm³/mol. The van der Waals surface area contributed by atoms with Crippen molar-refractivity contribution in [3.8, 4) is 0 Å². The number of nitrogens with zero attached hydrogens (tertiary/aromatic N) is 4. The molecule has 4 rings (SSSR count). The number of sulfonamides is 1. The van der Waals surface area contributed by atoms with Gasteiger partial charge in [-0.25, -0.2) is 13.4 Å². The number of hydrogen-bond acceptors (Lipinski definition) is 7. The second kappa shape index (κ2) is 8.91. The number of imidazole rings is 1.